The minimum atomic E-state index is -0.525. The molecule has 0 amide bonds. The number of rotatable bonds is 3. The van der Waals surface area contributed by atoms with Crippen molar-refractivity contribution in [2.75, 3.05) is 5.73 Å². The van der Waals surface area contributed by atoms with Gasteiger partial charge in [0.1, 0.15) is 15.5 Å². The van der Waals surface area contributed by atoms with E-state index >= 15 is 0 Å². The number of fused-ring (bicyclic) bond motifs is 1. The number of aryl methyl sites for hydroxylation is 2. The fourth-order valence-electron chi connectivity index (χ4n) is 2.79. The number of hydrogen-bond acceptors (Lipinski definition) is 6. The summed E-state index contributed by atoms with van der Waals surface area (Å²) in [5.74, 6) is -0.147. The Morgan fingerprint density at radius 2 is 1.83 bits per heavy atom. The Bertz CT molecular complexity index is 962. The molecule has 0 unspecified atom stereocenters. The Balaban J connectivity index is 2.10. The van der Waals surface area contributed by atoms with E-state index < -0.39 is 5.97 Å². The van der Waals surface area contributed by atoms with Gasteiger partial charge in [0.15, 0.2) is 5.78 Å². The molecule has 0 fully saturated rings. The van der Waals surface area contributed by atoms with Crippen molar-refractivity contribution in [3.05, 3.63) is 52.0 Å². The Labute approximate surface area is 143 Å². The van der Waals surface area contributed by atoms with Crippen molar-refractivity contribution >= 4 is 39.0 Å². The van der Waals surface area contributed by atoms with Crippen molar-refractivity contribution < 1.29 is 14.3 Å². The SMILES string of the molecule is CC(=O)c1c(C)nc2sc(C(=O)Oc3ccccc3)c(N)c2c1C. The fourth-order valence-corrected chi connectivity index (χ4v) is 3.87. The zero-order chi connectivity index (χ0) is 17.4. The molecule has 0 aliphatic heterocycles. The molecule has 122 valence electrons. The highest BCUT2D eigenvalue weighted by atomic mass is 32.1. The predicted octanol–water partition coefficient (Wildman–Crippen LogP) is 3.92. The van der Waals surface area contributed by atoms with Gasteiger partial charge in [0, 0.05) is 10.9 Å². The first kappa shape index (κ1) is 16.1. The molecule has 0 radical (unpaired) electrons. The molecular weight excluding hydrogens is 324 g/mol. The van der Waals surface area contributed by atoms with E-state index in [9.17, 15) is 9.59 Å². The van der Waals surface area contributed by atoms with E-state index in [2.05, 4.69) is 4.98 Å². The number of nitrogens with two attached hydrogens (primary N) is 1. The van der Waals surface area contributed by atoms with E-state index in [4.69, 9.17) is 10.5 Å². The first-order valence-corrected chi connectivity index (χ1v) is 8.19. The predicted molar refractivity (Wildman–Crippen MR) is 94.9 cm³/mol. The van der Waals surface area contributed by atoms with Crippen molar-refractivity contribution in [1.82, 2.24) is 4.98 Å². The molecule has 3 aromatic rings. The second-order valence-corrected chi connectivity index (χ2v) is 6.48. The number of pyridine rings is 1. The van der Waals surface area contributed by atoms with Gasteiger partial charge >= 0.3 is 5.97 Å². The number of aromatic nitrogens is 1. The van der Waals surface area contributed by atoms with Gasteiger partial charge in [0.2, 0.25) is 0 Å². The molecule has 0 saturated heterocycles. The molecule has 0 spiro atoms. The van der Waals surface area contributed by atoms with Crippen LogP contribution in [0.1, 0.15) is 38.2 Å². The molecule has 6 heteroatoms. The standard InChI is InChI=1S/C18H16N2O3S/c1-9-13(11(3)21)10(2)20-17-14(9)15(19)16(24-17)18(22)23-12-7-5-4-6-8-12/h4-8H,19H2,1-3H3. The summed E-state index contributed by atoms with van der Waals surface area (Å²) in [5, 5.41) is 0.649. The van der Waals surface area contributed by atoms with Gasteiger partial charge in [-0.1, -0.05) is 18.2 Å². The lowest BCUT2D eigenvalue weighted by Gasteiger charge is -2.07. The first-order valence-electron chi connectivity index (χ1n) is 7.37. The molecule has 5 nitrogen and oxygen atoms in total. The van der Waals surface area contributed by atoms with Crippen LogP contribution in [0.3, 0.4) is 0 Å². The highest BCUT2D eigenvalue weighted by Crippen LogP contribution is 2.37. The normalized spacial score (nSPS) is 10.8. The molecule has 1 aromatic carbocycles. The average Bonchev–Trinajstić information content (AvgIpc) is 2.84. The van der Waals surface area contributed by atoms with Crippen LogP contribution in [0.25, 0.3) is 10.2 Å². The quantitative estimate of drug-likeness (QED) is 0.444. The molecule has 2 N–H and O–H groups in total. The van der Waals surface area contributed by atoms with Crippen LogP contribution in [-0.2, 0) is 0 Å². The molecule has 0 aliphatic carbocycles. The molecule has 0 bridgehead atoms. The lowest BCUT2D eigenvalue weighted by Crippen LogP contribution is -2.08. The third-order valence-electron chi connectivity index (χ3n) is 3.80. The number of para-hydroxylation sites is 1. The average molecular weight is 340 g/mol. The van der Waals surface area contributed by atoms with E-state index in [1.807, 2.05) is 13.0 Å². The fraction of sp³-hybridized carbons (Fsp3) is 0.167. The number of anilines is 1. The summed E-state index contributed by atoms with van der Waals surface area (Å²) in [6, 6.07) is 8.80. The van der Waals surface area contributed by atoms with Crippen LogP contribution in [0.15, 0.2) is 30.3 Å². The van der Waals surface area contributed by atoms with E-state index in [1.54, 1.807) is 31.2 Å². The summed E-state index contributed by atoms with van der Waals surface area (Å²) in [4.78, 5) is 29.7. The Hall–Kier alpha value is -2.73. The number of esters is 1. The highest BCUT2D eigenvalue weighted by Gasteiger charge is 2.23. The summed E-state index contributed by atoms with van der Waals surface area (Å²) >= 11 is 1.18. The van der Waals surface area contributed by atoms with Crippen LogP contribution in [0.2, 0.25) is 0 Å². The van der Waals surface area contributed by atoms with Crippen LogP contribution in [0.4, 0.5) is 5.69 Å². The van der Waals surface area contributed by atoms with E-state index in [0.717, 1.165) is 5.56 Å². The molecule has 0 aliphatic rings. The number of hydrogen-bond donors (Lipinski definition) is 1. The molecule has 2 heterocycles. The topological polar surface area (TPSA) is 82.3 Å². The number of ketones is 1. The van der Waals surface area contributed by atoms with Gasteiger partial charge in [-0.2, -0.15) is 0 Å². The van der Waals surface area contributed by atoms with Gasteiger partial charge in [-0.25, -0.2) is 9.78 Å². The maximum Gasteiger partial charge on any atom is 0.355 e. The lowest BCUT2D eigenvalue weighted by molar-refractivity contribution is 0.0740. The third kappa shape index (κ3) is 2.65. The van der Waals surface area contributed by atoms with Gasteiger partial charge in [-0.15, -0.1) is 11.3 Å². The van der Waals surface area contributed by atoms with Gasteiger partial charge in [0.05, 0.1) is 11.4 Å². The van der Waals surface area contributed by atoms with Gasteiger partial charge in [0.25, 0.3) is 0 Å². The van der Waals surface area contributed by atoms with Crippen molar-refractivity contribution in [2.24, 2.45) is 0 Å². The molecular formula is C18H16N2O3S. The number of benzene rings is 1. The summed E-state index contributed by atoms with van der Waals surface area (Å²) in [6.45, 7) is 5.10. The van der Waals surface area contributed by atoms with Crippen LogP contribution in [0.5, 0.6) is 5.75 Å². The van der Waals surface area contributed by atoms with Crippen molar-refractivity contribution in [3.63, 3.8) is 0 Å². The number of carbonyl (C=O) groups is 2. The van der Waals surface area contributed by atoms with Crippen molar-refractivity contribution in [1.29, 1.82) is 0 Å². The highest BCUT2D eigenvalue weighted by molar-refractivity contribution is 7.21. The minimum Gasteiger partial charge on any atom is -0.422 e. The largest absolute Gasteiger partial charge is 0.422 e. The number of ether oxygens (including phenoxy) is 1. The Morgan fingerprint density at radius 3 is 2.46 bits per heavy atom. The van der Waals surface area contributed by atoms with E-state index in [0.29, 0.717) is 37.8 Å². The molecule has 0 atom stereocenters. The Kier molecular flexibility index (Phi) is 4.07. The van der Waals surface area contributed by atoms with Crippen LogP contribution in [-0.4, -0.2) is 16.7 Å². The summed E-state index contributed by atoms with van der Waals surface area (Å²) in [7, 11) is 0. The van der Waals surface area contributed by atoms with Gasteiger partial charge in [-0.05, 0) is 38.5 Å². The number of Topliss-reactive ketones (excluding diaryl/α,β-unsaturated/α-hetero) is 1. The number of nitrogens with zero attached hydrogens (tertiary/aromatic N) is 1. The van der Waals surface area contributed by atoms with E-state index in [1.165, 1.54) is 18.3 Å². The molecule has 24 heavy (non-hydrogen) atoms. The number of thiophene rings is 1. The second kappa shape index (κ2) is 6.05. The second-order valence-electron chi connectivity index (χ2n) is 5.48. The maximum absolute atomic E-state index is 12.4. The van der Waals surface area contributed by atoms with Gasteiger partial charge in [-0.3, -0.25) is 4.79 Å². The summed E-state index contributed by atoms with van der Waals surface area (Å²) in [5.41, 5.74) is 8.41. The molecule has 0 saturated carbocycles. The number of carbonyl (C=O) groups excluding carboxylic acids is 2. The van der Waals surface area contributed by atoms with Crippen molar-refractivity contribution in [2.45, 2.75) is 20.8 Å². The summed E-state index contributed by atoms with van der Waals surface area (Å²) in [6.07, 6.45) is 0. The zero-order valence-electron chi connectivity index (χ0n) is 13.5. The molecule has 2 aromatic heterocycles. The summed E-state index contributed by atoms with van der Waals surface area (Å²) < 4.78 is 5.36. The minimum absolute atomic E-state index is 0.0709. The maximum atomic E-state index is 12.4. The first-order chi connectivity index (χ1) is 11.4. The third-order valence-corrected chi connectivity index (χ3v) is 4.88. The van der Waals surface area contributed by atoms with Gasteiger partial charge < -0.3 is 10.5 Å². The Morgan fingerprint density at radius 1 is 1.17 bits per heavy atom. The molecule has 3 rings (SSSR count). The van der Waals surface area contributed by atoms with E-state index in [-0.39, 0.29) is 5.78 Å². The zero-order valence-corrected chi connectivity index (χ0v) is 14.4. The van der Waals surface area contributed by atoms with Crippen LogP contribution in [0, 0.1) is 13.8 Å². The van der Waals surface area contributed by atoms with Crippen LogP contribution < -0.4 is 10.5 Å². The lowest BCUT2D eigenvalue weighted by atomic mass is 10.0. The number of nitrogen functional groups attached to an aromatic ring is 1. The monoisotopic (exact) mass is 340 g/mol. The van der Waals surface area contributed by atoms with Crippen LogP contribution >= 0.6 is 11.3 Å². The van der Waals surface area contributed by atoms with Crippen molar-refractivity contribution in [3.8, 4) is 5.75 Å². The smallest absolute Gasteiger partial charge is 0.355 e.